The third-order valence-electron chi connectivity index (χ3n) is 14.7. The lowest BCUT2D eigenvalue weighted by atomic mass is 9.88. The highest BCUT2D eigenvalue weighted by atomic mass is 16.6. The van der Waals surface area contributed by atoms with Crippen molar-refractivity contribution in [1.82, 2.24) is 38.7 Å². The molecule has 2 aromatic carbocycles. The van der Waals surface area contributed by atoms with Crippen molar-refractivity contribution in [1.29, 1.82) is 0 Å². The summed E-state index contributed by atoms with van der Waals surface area (Å²) in [6.07, 6.45) is 4.37. The molecule has 442 valence electrons. The van der Waals surface area contributed by atoms with E-state index in [-0.39, 0.29) is 62.2 Å². The number of rotatable bonds is 16. The van der Waals surface area contributed by atoms with Crippen LogP contribution in [0.4, 0.5) is 0 Å². The lowest BCUT2D eigenvalue weighted by molar-refractivity contribution is -0.179. The normalized spacial score (nSPS) is 24.0. The summed E-state index contributed by atoms with van der Waals surface area (Å²) < 4.78 is 28.2. The van der Waals surface area contributed by atoms with Gasteiger partial charge < -0.3 is 47.7 Å². The summed E-state index contributed by atoms with van der Waals surface area (Å²) in [4.78, 5) is 131. The number of carbonyl (C=O) groups is 8. The molecule has 0 aliphatic carbocycles. The van der Waals surface area contributed by atoms with Crippen LogP contribution in [0.1, 0.15) is 124 Å². The molecule has 4 aromatic rings. The summed E-state index contributed by atoms with van der Waals surface area (Å²) in [7, 11) is 5.59. The van der Waals surface area contributed by atoms with Crippen LogP contribution in [0, 0.1) is 23.7 Å². The molecule has 1 aliphatic heterocycles. The number of benzene rings is 2. The average molecular weight is 1120 g/mol. The van der Waals surface area contributed by atoms with Gasteiger partial charge in [0.05, 0.1) is 12.7 Å². The summed E-state index contributed by atoms with van der Waals surface area (Å²) in [6, 6.07) is 10.9. The predicted molar refractivity (Wildman–Crippen MR) is 302 cm³/mol. The number of aromatic nitrogens is 4. The second-order valence-electron chi connectivity index (χ2n) is 23.5. The van der Waals surface area contributed by atoms with Crippen LogP contribution in [0.2, 0.25) is 0 Å². The first-order valence-electron chi connectivity index (χ1n) is 28.1. The number of hydrogen-bond acceptors (Lipinski definition) is 14. The summed E-state index contributed by atoms with van der Waals surface area (Å²) in [5.74, 6) is -7.48. The van der Waals surface area contributed by atoms with E-state index in [4.69, 9.17) is 18.9 Å². The van der Waals surface area contributed by atoms with Gasteiger partial charge in [-0.2, -0.15) is 0 Å². The Hall–Kier alpha value is -7.38. The van der Waals surface area contributed by atoms with Gasteiger partial charge in [0.15, 0.2) is 24.4 Å². The molecule has 1 unspecified atom stereocenters. The fourth-order valence-corrected chi connectivity index (χ4v) is 10.1. The van der Waals surface area contributed by atoms with E-state index in [0.29, 0.717) is 24.2 Å². The van der Waals surface area contributed by atoms with Gasteiger partial charge in [-0.15, -0.1) is 0 Å². The summed E-state index contributed by atoms with van der Waals surface area (Å²) in [5, 5.41) is 0. The molecule has 81 heavy (non-hydrogen) atoms. The summed E-state index contributed by atoms with van der Waals surface area (Å²) in [5.41, 5.74) is 1.36. The van der Waals surface area contributed by atoms with Crippen molar-refractivity contribution >= 4 is 47.5 Å². The molecule has 4 amide bonds. The molecule has 5 rings (SSSR count). The number of hydrogen-bond donors (Lipinski definition) is 0. The van der Waals surface area contributed by atoms with Crippen LogP contribution < -0.4 is 0 Å². The number of esters is 4. The zero-order chi connectivity index (χ0) is 60.0. The zero-order valence-electron chi connectivity index (χ0n) is 50.1. The van der Waals surface area contributed by atoms with Crippen molar-refractivity contribution in [3.05, 3.63) is 108 Å². The first-order chi connectivity index (χ1) is 38.1. The van der Waals surface area contributed by atoms with Crippen LogP contribution in [0.3, 0.4) is 0 Å². The number of likely N-dealkylation sites (N-methyl/N-ethyl adjacent to an activating group) is 4. The molecule has 3 heterocycles. The Bertz CT molecular complexity index is 2740. The van der Waals surface area contributed by atoms with Crippen molar-refractivity contribution in [2.24, 2.45) is 23.7 Å². The molecule has 0 radical (unpaired) electrons. The van der Waals surface area contributed by atoms with Crippen LogP contribution in [0.25, 0.3) is 0 Å². The fourth-order valence-electron chi connectivity index (χ4n) is 10.1. The highest BCUT2D eigenvalue weighted by Gasteiger charge is 2.47. The van der Waals surface area contributed by atoms with Crippen molar-refractivity contribution in [2.75, 3.05) is 28.2 Å². The Morgan fingerprint density at radius 2 is 0.815 bits per heavy atom. The van der Waals surface area contributed by atoms with Crippen LogP contribution in [-0.4, -0.2) is 162 Å². The third kappa shape index (κ3) is 17.6. The maximum absolute atomic E-state index is 15.1. The van der Waals surface area contributed by atoms with Gasteiger partial charge in [0.25, 0.3) is 23.6 Å². The zero-order valence-corrected chi connectivity index (χ0v) is 50.1. The molecule has 1 fully saturated rings. The number of amides is 4. The molecule has 0 bridgehead atoms. The van der Waals surface area contributed by atoms with Gasteiger partial charge in [0.1, 0.15) is 23.7 Å². The Balaban J connectivity index is 1.61. The van der Waals surface area contributed by atoms with Crippen molar-refractivity contribution in [3.63, 3.8) is 0 Å². The fraction of sp³-hybridized carbons (Fsp3) is 0.574. The topological polar surface area (TPSA) is 222 Å². The molecule has 1 aliphatic rings. The van der Waals surface area contributed by atoms with Crippen molar-refractivity contribution in [2.45, 2.75) is 176 Å². The number of carbonyl (C=O) groups excluding carboxylic acids is 8. The van der Waals surface area contributed by atoms with Gasteiger partial charge in [-0.25, -0.2) is 29.1 Å². The quantitative estimate of drug-likeness (QED) is 0.0859. The summed E-state index contributed by atoms with van der Waals surface area (Å²) in [6.45, 7) is 20.1. The number of imidazole rings is 2. The Kier molecular flexibility index (Phi) is 23.0. The molecule has 20 nitrogen and oxygen atoms in total. The summed E-state index contributed by atoms with van der Waals surface area (Å²) >= 11 is 0. The smallest absolute Gasteiger partial charge is 0.332 e. The second kappa shape index (κ2) is 28.9. The Labute approximate surface area is 477 Å². The molecule has 0 saturated carbocycles. The van der Waals surface area contributed by atoms with Crippen molar-refractivity contribution < 1.29 is 57.3 Å². The van der Waals surface area contributed by atoms with Gasteiger partial charge in [-0.3, -0.25) is 19.2 Å². The minimum atomic E-state index is -1.75. The Morgan fingerprint density at radius 3 is 1.17 bits per heavy atom. The lowest BCUT2D eigenvalue weighted by Crippen LogP contribution is -2.59. The molecular formula is C61H86N8O12. The van der Waals surface area contributed by atoms with E-state index in [1.807, 2.05) is 125 Å². The molecular weight excluding hydrogens is 1040 g/mol. The van der Waals surface area contributed by atoms with E-state index in [9.17, 15) is 24.0 Å². The molecule has 2 aromatic heterocycles. The maximum atomic E-state index is 15.1. The van der Waals surface area contributed by atoms with Gasteiger partial charge in [-0.1, -0.05) is 104 Å². The highest BCUT2D eigenvalue weighted by Crippen LogP contribution is 2.29. The Morgan fingerprint density at radius 1 is 0.469 bits per heavy atom. The van der Waals surface area contributed by atoms with E-state index < -0.39 is 95.6 Å². The first kappa shape index (κ1) is 64.4. The predicted octanol–water partition coefficient (Wildman–Crippen LogP) is 6.54. The minimum absolute atomic E-state index is 0.0514. The van der Waals surface area contributed by atoms with Gasteiger partial charge in [0, 0.05) is 78.9 Å². The average Bonchev–Trinajstić information content (AvgIpc) is 4.20. The van der Waals surface area contributed by atoms with Gasteiger partial charge in [0.2, 0.25) is 0 Å². The maximum Gasteiger partial charge on any atom is 0.332 e. The standard InChI is InChI=1S/C61H86N8O12/c1-38(2)28-48-57(74)78-42(9)53(70)64(12)50(30-40(5)6)59(76)80-51(31-44-16-20-46(21-17-44)34-68-26-24-62-36-68)55(72)65(13)49(29-39(3)4)58(75)79-43(10)54(71)67(15)61(11,33-41(7)8)60(77)81-52(56(73)66(48)14)32-45-18-22-47(23-19-45)35-69-27-25-63-37-69/h16-27,36-43,48-52H,28-35H2,1-15H3/t42-,43-,48?,49+,50+,51-,52-,61+/m1/s1. The van der Waals surface area contributed by atoms with Gasteiger partial charge >= 0.3 is 23.9 Å². The second-order valence-corrected chi connectivity index (χ2v) is 23.5. The third-order valence-corrected chi connectivity index (χ3v) is 14.7. The van der Waals surface area contributed by atoms with E-state index in [0.717, 1.165) is 30.7 Å². The first-order valence-corrected chi connectivity index (χ1v) is 28.1. The van der Waals surface area contributed by atoms with E-state index in [2.05, 4.69) is 9.97 Å². The lowest BCUT2D eigenvalue weighted by Gasteiger charge is -2.40. The largest absolute Gasteiger partial charge is 0.451 e. The van der Waals surface area contributed by atoms with Crippen molar-refractivity contribution in [3.8, 4) is 0 Å². The van der Waals surface area contributed by atoms with Gasteiger partial charge in [-0.05, 0) is 92.4 Å². The molecule has 1 saturated heterocycles. The number of cyclic esters (lactones) is 4. The highest BCUT2D eigenvalue weighted by molar-refractivity contribution is 5.95. The number of nitrogens with zero attached hydrogens (tertiary/aromatic N) is 8. The van der Waals surface area contributed by atoms with E-state index in [1.165, 1.54) is 49.0 Å². The number of ether oxygens (including phenoxy) is 4. The van der Waals surface area contributed by atoms with Crippen LogP contribution in [-0.2, 0) is 83.2 Å². The molecule has 0 N–H and O–H groups in total. The van der Waals surface area contributed by atoms with E-state index >= 15 is 14.4 Å². The van der Waals surface area contributed by atoms with E-state index in [1.54, 1.807) is 25.0 Å². The molecule has 0 spiro atoms. The minimum Gasteiger partial charge on any atom is -0.451 e. The molecule has 8 atom stereocenters. The van der Waals surface area contributed by atoms with Crippen LogP contribution in [0.15, 0.2) is 86.0 Å². The van der Waals surface area contributed by atoms with Crippen LogP contribution in [0.5, 0.6) is 0 Å². The monoisotopic (exact) mass is 1120 g/mol. The van der Waals surface area contributed by atoms with Crippen LogP contribution >= 0.6 is 0 Å². The molecule has 20 heteroatoms. The SMILES string of the molecule is CC(C)CC1C(=O)O[C@H](C)C(=O)N(C)[C@@H](CC(C)C)C(=O)O[C@H](Cc2ccc(Cn3ccnc3)cc2)C(=O)N(C)[C@@H](CC(C)C)C(=O)O[C@H](C)C(=O)N(C)[C@@](C)(CC(C)C)C(=O)O[C@H](Cc2ccc(Cn3ccnc3)cc2)C(=O)N1C.